The molecule has 0 saturated heterocycles. The van der Waals surface area contributed by atoms with Crippen LogP contribution in [-0.4, -0.2) is 28.9 Å². The molecule has 0 spiro atoms. The molecule has 1 atom stereocenters. The van der Waals surface area contributed by atoms with Crippen molar-refractivity contribution >= 4 is 22.8 Å². The normalized spacial score (nSPS) is 12.7. The van der Waals surface area contributed by atoms with E-state index in [9.17, 15) is 9.59 Å². The van der Waals surface area contributed by atoms with Crippen LogP contribution in [0.1, 0.15) is 18.7 Å². The Morgan fingerprint density at radius 2 is 2.00 bits per heavy atom. The Kier molecular flexibility index (Phi) is 3.89. The zero-order valence-electron chi connectivity index (χ0n) is 11.2. The molecule has 1 unspecified atom stereocenters. The molecule has 1 amide bonds. The second-order valence-corrected chi connectivity index (χ2v) is 4.48. The van der Waals surface area contributed by atoms with Crippen LogP contribution in [0, 0.1) is 0 Å². The number of hydrogen-bond donors (Lipinski definition) is 1. The van der Waals surface area contributed by atoms with E-state index in [2.05, 4.69) is 0 Å². The molecule has 2 rings (SSSR count). The van der Waals surface area contributed by atoms with E-state index in [1.54, 1.807) is 7.05 Å². The second-order valence-electron chi connectivity index (χ2n) is 4.48. The van der Waals surface area contributed by atoms with Crippen LogP contribution in [0.5, 0.6) is 0 Å². The quantitative estimate of drug-likeness (QED) is 0.869. The second kappa shape index (κ2) is 5.61. The maximum Gasteiger partial charge on any atom is 0.328 e. The van der Waals surface area contributed by atoms with Crippen LogP contribution in [-0.2, 0) is 9.59 Å². The zero-order valence-corrected chi connectivity index (χ0v) is 11.2. The van der Waals surface area contributed by atoms with Crippen molar-refractivity contribution in [3.8, 4) is 0 Å². The summed E-state index contributed by atoms with van der Waals surface area (Å²) < 4.78 is 5.69. The highest BCUT2D eigenvalue weighted by molar-refractivity contribution is 5.94. The minimum atomic E-state index is -1.15. The lowest BCUT2D eigenvalue weighted by Crippen LogP contribution is -2.27. The Hall–Kier alpha value is -2.56. The van der Waals surface area contributed by atoms with Gasteiger partial charge in [0, 0.05) is 24.6 Å². The first-order valence-corrected chi connectivity index (χ1v) is 6.15. The molecular formula is C15H15NO4. The number of para-hydroxylation sites is 1. The molecule has 0 fully saturated rings. The van der Waals surface area contributed by atoms with E-state index in [0.717, 1.165) is 23.1 Å². The first-order chi connectivity index (χ1) is 9.49. The number of likely N-dealkylation sites (N-methyl/N-ethyl adjacent to an activating group) is 1. The molecule has 5 nitrogen and oxygen atoms in total. The summed E-state index contributed by atoms with van der Waals surface area (Å²) in [5.74, 6) is -0.880. The molecule has 0 radical (unpaired) electrons. The Morgan fingerprint density at radius 1 is 1.30 bits per heavy atom. The molecule has 5 heteroatoms. The molecule has 1 aromatic carbocycles. The Morgan fingerprint density at radius 3 is 2.65 bits per heavy atom. The third-order valence-corrected chi connectivity index (χ3v) is 3.15. The number of carboxylic acid groups (broad SMARTS) is 1. The van der Waals surface area contributed by atoms with Gasteiger partial charge in [0.05, 0.1) is 6.04 Å². The summed E-state index contributed by atoms with van der Waals surface area (Å²) in [6, 6.07) is 9.18. The van der Waals surface area contributed by atoms with Crippen molar-refractivity contribution in [1.29, 1.82) is 0 Å². The lowest BCUT2D eigenvalue weighted by atomic mass is 10.2. The predicted octanol–water partition coefficient (Wildman–Crippen LogP) is 2.59. The van der Waals surface area contributed by atoms with Gasteiger partial charge in [-0.1, -0.05) is 18.2 Å². The predicted molar refractivity (Wildman–Crippen MR) is 74.2 cm³/mol. The Bertz CT molecular complexity index is 638. The molecule has 104 valence electrons. The fourth-order valence-electron chi connectivity index (χ4n) is 1.85. The van der Waals surface area contributed by atoms with Gasteiger partial charge in [0.15, 0.2) is 0 Å². The number of hydrogen-bond acceptors (Lipinski definition) is 3. The first kappa shape index (κ1) is 13.9. The summed E-state index contributed by atoms with van der Waals surface area (Å²) in [5, 5.41) is 9.49. The Balaban J connectivity index is 2.19. The largest absolute Gasteiger partial charge is 0.478 e. The lowest BCUT2D eigenvalue weighted by molar-refractivity contribution is -0.132. The maximum absolute atomic E-state index is 11.8. The first-order valence-electron chi connectivity index (χ1n) is 6.15. The summed E-state index contributed by atoms with van der Waals surface area (Å²) in [6.45, 7) is 1.82. The van der Waals surface area contributed by atoms with Crippen molar-refractivity contribution in [2.75, 3.05) is 7.05 Å². The highest BCUT2D eigenvalue weighted by Gasteiger charge is 2.19. The van der Waals surface area contributed by atoms with E-state index >= 15 is 0 Å². The molecule has 0 bridgehead atoms. The van der Waals surface area contributed by atoms with E-state index < -0.39 is 5.97 Å². The monoisotopic (exact) mass is 273 g/mol. The van der Waals surface area contributed by atoms with Gasteiger partial charge >= 0.3 is 5.97 Å². The van der Waals surface area contributed by atoms with E-state index in [4.69, 9.17) is 9.52 Å². The summed E-state index contributed by atoms with van der Waals surface area (Å²) in [6.07, 6.45) is 1.85. The smallest absolute Gasteiger partial charge is 0.328 e. The standard InChI is InChI=1S/C15H15NO4/c1-10(16(2)14(17)7-8-15(18)19)13-9-11-5-3-4-6-12(11)20-13/h3-10H,1-2H3,(H,18,19)/b8-7+. The molecule has 1 aromatic heterocycles. The summed E-state index contributed by atoms with van der Waals surface area (Å²) in [7, 11) is 1.60. The number of benzene rings is 1. The number of carboxylic acids is 1. The highest BCUT2D eigenvalue weighted by Crippen LogP contribution is 2.26. The third-order valence-electron chi connectivity index (χ3n) is 3.15. The lowest BCUT2D eigenvalue weighted by Gasteiger charge is -2.21. The summed E-state index contributed by atoms with van der Waals surface area (Å²) in [5.41, 5.74) is 0.760. The SMILES string of the molecule is CC(c1cc2ccccc2o1)N(C)C(=O)/C=C/C(=O)O. The van der Waals surface area contributed by atoms with Gasteiger partial charge in [0.2, 0.25) is 5.91 Å². The minimum Gasteiger partial charge on any atom is -0.478 e. The van der Waals surface area contributed by atoms with Gasteiger partial charge in [-0.2, -0.15) is 0 Å². The van der Waals surface area contributed by atoms with Crippen LogP contribution in [0.4, 0.5) is 0 Å². The van der Waals surface area contributed by atoms with E-state index in [-0.39, 0.29) is 11.9 Å². The average Bonchev–Trinajstić information content (AvgIpc) is 2.86. The van der Waals surface area contributed by atoms with E-state index in [0.29, 0.717) is 5.76 Å². The summed E-state index contributed by atoms with van der Waals surface area (Å²) in [4.78, 5) is 23.6. The number of carbonyl (C=O) groups excluding carboxylic acids is 1. The number of furan rings is 1. The summed E-state index contributed by atoms with van der Waals surface area (Å²) >= 11 is 0. The molecule has 0 aliphatic carbocycles. The van der Waals surface area contributed by atoms with Crippen LogP contribution >= 0.6 is 0 Å². The van der Waals surface area contributed by atoms with Crippen molar-refractivity contribution in [1.82, 2.24) is 4.90 Å². The number of amides is 1. The van der Waals surface area contributed by atoms with Crippen molar-refractivity contribution < 1.29 is 19.1 Å². The number of nitrogens with zero attached hydrogens (tertiary/aromatic N) is 1. The van der Waals surface area contributed by atoms with Crippen LogP contribution < -0.4 is 0 Å². The van der Waals surface area contributed by atoms with Crippen molar-refractivity contribution in [2.24, 2.45) is 0 Å². The number of rotatable bonds is 4. The van der Waals surface area contributed by atoms with Crippen LogP contribution in [0.3, 0.4) is 0 Å². The van der Waals surface area contributed by atoms with Crippen LogP contribution in [0.15, 0.2) is 46.9 Å². The third kappa shape index (κ3) is 2.88. The maximum atomic E-state index is 11.8. The van der Waals surface area contributed by atoms with Gasteiger partial charge in [-0.15, -0.1) is 0 Å². The van der Waals surface area contributed by atoms with E-state index in [1.807, 2.05) is 37.3 Å². The van der Waals surface area contributed by atoms with Crippen molar-refractivity contribution in [2.45, 2.75) is 13.0 Å². The van der Waals surface area contributed by atoms with Gasteiger partial charge in [-0.05, 0) is 19.1 Å². The molecule has 20 heavy (non-hydrogen) atoms. The molecule has 0 saturated carbocycles. The van der Waals surface area contributed by atoms with Crippen molar-refractivity contribution in [3.63, 3.8) is 0 Å². The zero-order chi connectivity index (χ0) is 14.7. The molecule has 0 aliphatic rings. The van der Waals surface area contributed by atoms with Gasteiger partial charge in [0.25, 0.3) is 0 Å². The Labute approximate surface area is 116 Å². The molecule has 2 aromatic rings. The molecule has 1 heterocycles. The molecular weight excluding hydrogens is 258 g/mol. The number of fused-ring (bicyclic) bond motifs is 1. The van der Waals surface area contributed by atoms with Crippen LogP contribution in [0.25, 0.3) is 11.0 Å². The highest BCUT2D eigenvalue weighted by atomic mass is 16.4. The fourth-order valence-corrected chi connectivity index (χ4v) is 1.85. The topological polar surface area (TPSA) is 70.8 Å². The van der Waals surface area contributed by atoms with Gasteiger partial charge in [-0.3, -0.25) is 4.79 Å². The molecule has 1 N–H and O–H groups in total. The van der Waals surface area contributed by atoms with E-state index in [1.165, 1.54) is 4.90 Å². The fraction of sp³-hybridized carbons (Fsp3) is 0.200. The van der Waals surface area contributed by atoms with Crippen molar-refractivity contribution in [3.05, 3.63) is 48.2 Å². The van der Waals surface area contributed by atoms with Gasteiger partial charge < -0.3 is 14.4 Å². The molecule has 0 aliphatic heterocycles. The van der Waals surface area contributed by atoms with Gasteiger partial charge in [0.1, 0.15) is 11.3 Å². The average molecular weight is 273 g/mol. The van der Waals surface area contributed by atoms with Gasteiger partial charge in [-0.25, -0.2) is 4.79 Å². The number of aliphatic carboxylic acids is 1. The van der Waals surface area contributed by atoms with Crippen LogP contribution in [0.2, 0.25) is 0 Å². The number of carbonyl (C=O) groups is 2. The minimum absolute atomic E-state index is 0.284.